The molecule has 40 heavy (non-hydrogen) atoms. The molecule has 0 saturated heterocycles. The average Bonchev–Trinajstić information content (AvgIpc) is 3.23. The smallest absolute Gasteiger partial charge is 0.341 e. The van der Waals surface area contributed by atoms with Gasteiger partial charge in [-0.15, -0.1) is 0 Å². The molecule has 11 nitrogen and oxygen atoms in total. The first kappa shape index (κ1) is 29.2. The van der Waals surface area contributed by atoms with Crippen LogP contribution in [-0.4, -0.2) is 64.1 Å². The van der Waals surface area contributed by atoms with E-state index < -0.39 is 39.0 Å². The number of aliphatic carboxylic acids is 1. The summed E-state index contributed by atoms with van der Waals surface area (Å²) in [6, 6.07) is 5.28. The van der Waals surface area contributed by atoms with Crippen molar-refractivity contribution in [1.82, 2.24) is 13.9 Å². The maximum atomic E-state index is 14.0. The zero-order valence-corrected chi connectivity index (χ0v) is 24.2. The lowest BCUT2D eigenvalue weighted by atomic mass is 10.1. The molecule has 0 saturated carbocycles. The lowest BCUT2D eigenvalue weighted by molar-refractivity contribution is -0.139. The highest BCUT2D eigenvalue weighted by Gasteiger charge is 2.31. The second-order valence-electron chi connectivity index (χ2n) is 9.18. The summed E-state index contributed by atoms with van der Waals surface area (Å²) in [5.41, 5.74) is 1.70. The van der Waals surface area contributed by atoms with Crippen molar-refractivity contribution >= 4 is 38.9 Å². The van der Waals surface area contributed by atoms with Gasteiger partial charge in [0.25, 0.3) is 10.0 Å². The highest BCUT2D eigenvalue weighted by Crippen LogP contribution is 2.32. The van der Waals surface area contributed by atoms with Crippen LogP contribution in [0.5, 0.6) is 11.5 Å². The molecule has 2 unspecified atom stereocenters. The molecule has 1 aliphatic rings. The Morgan fingerprint density at radius 1 is 1.12 bits per heavy atom. The van der Waals surface area contributed by atoms with Crippen LogP contribution in [-0.2, 0) is 36.1 Å². The number of hydrogen-bond acceptors (Lipinski definition) is 9. The van der Waals surface area contributed by atoms with Gasteiger partial charge in [-0.2, -0.15) is 0 Å². The molecule has 1 aromatic carbocycles. The zero-order valence-electron chi connectivity index (χ0n) is 22.6. The van der Waals surface area contributed by atoms with Gasteiger partial charge in [0.2, 0.25) is 5.16 Å². The van der Waals surface area contributed by atoms with Crippen LogP contribution in [0.2, 0.25) is 0 Å². The Morgan fingerprint density at radius 3 is 2.42 bits per heavy atom. The first-order valence-corrected chi connectivity index (χ1v) is 14.8. The summed E-state index contributed by atoms with van der Waals surface area (Å²) in [5.74, 6) is -0.463. The number of aryl methyl sites for hydroxylation is 1. The largest absolute Gasteiger partial charge is 0.496 e. The van der Waals surface area contributed by atoms with Crippen LogP contribution < -0.4 is 9.47 Å². The Labute approximate surface area is 234 Å². The quantitative estimate of drug-likeness (QED) is 0.374. The van der Waals surface area contributed by atoms with Crippen molar-refractivity contribution < 1.29 is 36.7 Å². The third kappa shape index (κ3) is 5.71. The van der Waals surface area contributed by atoms with Gasteiger partial charge in [0.1, 0.15) is 17.1 Å². The fourth-order valence-electron chi connectivity index (χ4n) is 4.11. The number of carboxylic acid groups (broad SMARTS) is 1. The minimum absolute atomic E-state index is 0.0981. The van der Waals surface area contributed by atoms with E-state index in [9.17, 15) is 17.4 Å². The number of rotatable bonds is 10. The second-order valence-corrected chi connectivity index (χ2v) is 12.3. The van der Waals surface area contributed by atoms with E-state index in [1.807, 2.05) is 6.92 Å². The number of methoxy groups -OCH3 is 2. The number of nitrogens with zero attached hydrogens (tertiary/aromatic N) is 3. The SMILES string of the molecule is COc1c(C)cnc(CS(=O)c2nc3c(n2S(=O)(=O)c2ccc(OCC(=O)O)cc2)C=CC(C)(OC)C=C3)c1C. The summed E-state index contributed by atoms with van der Waals surface area (Å²) in [5, 5.41) is 8.66. The number of carboxylic acids is 1. The van der Waals surface area contributed by atoms with Gasteiger partial charge in [-0.3, -0.25) is 9.19 Å². The van der Waals surface area contributed by atoms with Crippen LogP contribution in [0, 0.1) is 13.8 Å². The molecule has 1 aliphatic carbocycles. The van der Waals surface area contributed by atoms with Crippen LogP contribution in [0.25, 0.3) is 12.2 Å². The highest BCUT2D eigenvalue weighted by molar-refractivity contribution is 7.91. The van der Waals surface area contributed by atoms with Gasteiger partial charge in [0, 0.05) is 24.4 Å². The first-order chi connectivity index (χ1) is 18.9. The fraction of sp³-hybridized carbons (Fsp3) is 0.296. The van der Waals surface area contributed by atoms with Crippen molar-refractivity contribution in [2.45, 2.75) is 42.2 Å². The third-order valence-corrected chi connectivity index (χ3v) is 9.45. The van der Waals surface area contributed by atoms with Crippen molar-refractivity contribution in [2.24, 2.45) is 0 Å². The van der Waals surface area contributed by atoms with E-state index in [0.717, 1.165) is 9.54 Å². The topological polar surface area (TPSA) is 147 Å². The van der Waals surface area contributed by atoms with Crippen molar-refractivity contribution in [2.75, 3.05) is 20.8 Å². The maximum absolute atomic E-state index is 14.0. The Morgan fingerprint density at radius 2 is 1.80 bits per heavy atom. The van der Waals surface area contributed by atoms with Gasteiger partial charge in [-0.1, -0.05) is 0 Å². The molecule has 0 aliphatic heterocycles. The molecule has 2 aromatic heterocycles. The van der Waals surface area contributed by atoms with Gasteiger partial charge in [-0.25, -0.2) is 22.2 Å². The van der Waals surface area contributed by atoms with Crippen molar-refractivity contribution in [1.29, 1.82) is 0 Å². The molecule has 0 spiro atoms. The number of carbonyl (C=O) groups is 1. The number of benzene rings is 1. The molecule has 212 valence electrons. The van der Waals surface area contributed by atoms with Crippen LogP contribution in [0.15, 0.2) is 52.7 Å². The van der Waals surface area contributed by atoms with E-state index >= 15 is 0 Å². The average molecular weight is 588 g/mol. The third-order valence-electron chi connectivity index (χ3n) is 6.40. The number of imidazole rings is 1. The van der Waals surface area contributed by atoms with Crippen molar-refractivity contribution in [3.63, 3.8) is 0 Å². The van der Waals surface area contributed by atoms with Crippen LogP contribution >= 0.6 is 0 Å². The minimum Gasteiger partial charge on any atom is -0.496 e. The van der Waals surface area contributed by atoms with Gasteiger partial charge in [0.05, 0.1) is 45.6 Å². The summed E-state index contributed by atoms with van der Waals surface area (Å²) in [4.78, 5) is 19.6. The lowest BCUT2D eigenvalue weighted by Crippen LogP contribution is -2.21. The van der Waals surface area contributed by atoms with Crippen LogP contribution in [0.4, 0.5) is 0 Å². The molecule has 4 rings (SSSR count). The Kier molecular flexibility index (Phi) is 8.28. The van der Waals surface area contributed by atoms with Crippen molar-refractivity contribution in [3.05, 3.63) is 70.8 Å². The lowest BCUT2D eigenvalue weighted by Gasteiger charge is -2.18. The summed E-state index contributed by atoms with van der Waals surface area (Å²) < 4.78 is 58.9. The summed E-state index contributed by atoms with van der Waals surface area (Å²) in [6.45, 7) is 4.88. The Hall–Kier alpha value is -3.81. The first-order valence-electron chi connectivity index (χ1n) is 12.0. The van der Waals surface area contributed by atoms with Gasteiger partial charge >= 0.3 is 5.97 Å². The van der Waals surface area contributed by atoms with E-state index in [-0.39, 0.29) is 27.2 Å². The molecule has 0 amide bonds. The molecule has 0 bridgehead atoms. The van der Waals surface area contributed by atoms with E-state index in [1.54, 1.807) is 44.3 Å². The predicted molar refractivity (Wildman–Crippen MR) is 148 cm³/mol. The van der Waals surface area contributed by atoms with Gasteiger partial charge < -0.3 is 19.3 Å². The maximum Gasteiger partial charge on any atom is 0.341 e. The monoisotopic (exact) mass is 587 g/mol. The normalized spacial score (nSPS) is 17.2. The van der Waals surface area contributed by atoms with Crippen molar-refractivity contribution in [3.8, 4) is 11.5 Å². The minimum atomic E-state index is -4.32. The van der Waals surface area contributed by atoms with E-state index in [4.69, 9.17) is 19.3 Å². The highest BCUT2D eigenvalue weighted by atomic mass is 32.2. The summed E-state index contributed by atoms with van der Waals surface area (Å²) in [7, 11) is -3.19. The number of ether oxygens (including phenoxy) is 3. The molecule has 0 fully saturated rings. The Bertz CT molecular complexity index is 1640. The molecule has 3 aromatic rings. The Balaban J connectivity index is 1.82. The van der Waals surface area contributed by atoms with Gasteiger partial charge in [-0.05, 0) is 69.3 Å². The molecular weight excluding hydrogens is 558 g/mol. The standard InChI is InChI=1S/C27H29N3O8S2/c1-17-14-28-22(18(2)25(17)36-4)16-39(33)26-29-21-10-12-27(3,37-5)13-11-23(21)30(26)40(34,35)20-8-6-19(7-9-20)38-15-24(31)32/h6-14H,15-16H2,1-5H3,(H,31,32). The summed E-state index contributed by atoms with van der Waals surface area (Å²) in [6.07, 6.45) is 8.24. The van der Waals surface area contributed by atoms with Crippen LogP contribution in [0.3, 0.4) is 0 Å². The fourth-order valence-corrected chi connectivity index (χ4v) is 7.15. The molecular formula is C27H29N3O8S2. The number of pyridine rings is 1. The number of fused-ring (bicyclic) bond motifs is 1. The molecule has 1 N–H and O–H groups in total. The number of aromatic nitrogens is 3. The molecule has 13 heteroatoms. The molecule has 0 radical (unpaired) electrons. The second kappa shape index (κ2) is 11.4. The van der Waals surface area contributed by atoms with E-state index in [2.05, 4.69) is 9.97 Å². The summed E-state index contributed by atoms with van der Waals surface area (Å²) >= 11 is 0. The number of hydrogen-bond donors (Lipinski definition) is 1. The van der Waals surface area contributed by atoms with E-state index in [0.29, 0.717) is 22.7 Å². The van der Waals surface area contributed by atoms with E-state index in [1.165, 1.54) is 38.5 Å². The molecule has 2 heterocycles. The zero-order chi connectivity index (χ0) is 29.2. The molecule has 2 atom stereocenters. The van der Waals surface area contributed by atoms with Crippen LogP contribution in [0.1, 0.15) is 35.1 Å². The van der Waals surface area contributed by atoms with Gasteiger partial charge in [0.15, 0.2) is 6.61 Å². The predicted octanol–water partition coefficient (Wildman–Crippen LogP) is 3.36.